The van der Waals surface area contributed by atoms with E-state index in [4.69, 9.17) is 9.84 Å². The van der Waals surface area contributed by atoms with Crippen molar-refractivity contribution in [2.75, 3.05) is 6.61 Å². The first-order valence-electron chi connectivity index (χ1n) is 6.73. The lowest BCUT2D eigenvalue weighted by molar-refractivity contribution is -0.137. The van der Waals surface area contributed by atoms with E-state index in [9.17, 15) is 9.59 Å². The average Bonchev–Trinajstić information content (AvgIpc) is 2.39. The van der Waals surface area contributed by atoms with E-state index in [1.807, 2.05) is 39.2 Å². The quantitative estimate of drug-likeness (QED) is 0.327. The first-order chi connectivity index (χ1) is 9.27. The fourth-order valence-electron chi connectivity index (χ4n) is 2.27. The maximum atomic E-state index is 12.2. The smallest absolute Gasteiger partial charge is 0.336 e. The number of esters is 1. The predicted octanol–water partition coefficient (Wildman–Crippen LogP) is -7.00. The van der Waals surface area contributed by atoms with E-state index in [1.54, 1.807) is 0 Å². The van der Waals surface area contributed by atoms with Crippen LogP contribution in [0.4, 0.5) is 0 Å². The molecule has 0 aliphatic heterocycles. The van der Waals surface area contributed by atoms with Gasteiger partial charge in [0.15, 0.2) is 0 Å². The molecule has 0 aromatic heterocycles. The summed E-state index contributed by atoms with van der Waals surface area (Å²) in [4.78, 5) is 22.6. The highest BCUT2D eigenvalue weighted by Crippen LogP contribution is 1.96. The minimum atomic E-state index is -0.879. The molecule has 20 heavy (non-hydrogen) atoms. The van der Waals surface area contributed by atoms with E-state index < -0.39 is 5.97 Å². The summed E-state index contributed by atoms with van der Waals surface area (Å²) in [6.07, 6.45) is 0.347. The van der Waals surface area contributed by atoms with Gasteiger partial charge in [0.25, 0.3) is 0 Å². The lowest BCUT2D eigenvalue weighted by Gasteiger charge is -2.18. The topological polar surface area (TPSA) is 63.6 Å². The van der Waals surface area contributed by atoms with Crippen LogP contribution in [0.15, 0.2) is 0 Å². The second-order valence-corrected chi connectivity index (χ2v) is 5.13. The minimum absolute atomic E-state index is 0.0111. The monoisotopic (exact) mass is 268 g/mol. The van der Waals surface area contributed by atoms with Crippen LogP contribution in [0.5, 0.6) is 0 Å². The number of hydrogen-bond acceptors (Lipinski definition) is 3. The summed E-state index contributed by atoms with van der Waals surface area (Å²) in [5.74, 6) is -1.24. The van der Waals surface area contributed by atoms with Crippen LogP contribution >= 0.6 is 0 Å². The molecular weight excluding hydrogens is 250 g/mol. The number of aliphatic carboxylic acids is 1. The summed E-state index contributed by atoms with van der Waals surface area (Å²) < 4.78 is 5.19. The number of carboxylic acids is 1. The van der Waals surface area contributed by atoms with Gasteiger partial charge < -0.3 is 9.84 Å². The number of hydrogen-bond donors (Lipinski definition) is 1. The van der Waals surface area contributed by atoms with Gasteiger partial charge >= 0.3 is 11.9 Å². The molecule has 1 rings (SSSR count). The van der Waals surface area contributed by atoms with E-state index in [1.165, 1.54) is 5.46 Å². The van der Waals surface area contributed by atoms with Crippen LogP contribution in [0.2, 0.25) is 0 Å². The Bertz CT molecular complexity index is 529. The summed E-state index contributed by atoms with van der Waals surface area (Å²) in [6, 6.07) is 0. The maximum Gasteiger partial charge on any atom is 0.336 e. The van der Waals surface area contributed by atoms with E-state index in [0.717, 1.165) is 21.9 Å². The largest absolute Gasteiger partial charge is 0.481 e. The first-order valence-corrected chi connectivity index (χ1v) is 6.73. The Morgan fingerprint density at radius 3 is 1.80 bits per heavy atom. The molecule has 0 radical (unpaired) electrons. The standard InChI is InChI=1S/C11H17B5O4/c12-6-5(7(13)9(15)10(16)8(6)14)11(19)20-3-1-2-4(17)18/h1-3,12-16H2,(H,17,18). The van der Waals surface area contributed by atoms with Crippen molar-refractivity contribution in [3.63, 3.8) is 0 Å². The third-order valence-corrected chi connectivity index (χ3v) is 3.97. The van der Waals surface area contributed by atoms with Crippen molar-refractivity contribution >= 4 is 78.5 Å². The van der Waals surface area contributed by atoms with E-state index in [0.29, 0.717) is 12.0 Å². The van der Waals surface area contributed by atoms with Crippen LogP contribution < -0.4 is 27.3 Å². The molecular formula is C11H17B5O4. The Kier molecular flexibility index (Phi) is 5.60. The van der Waals surface area contributed by atoms with Gasteiger partial charge in [-0.25, -0.2) is 4.79 Å². The van der Waals surface area contributed by atoms with E-state index in [-0.39, 0.29) is 19.0 Å². The molecule has 0 aliphatic carbocycles. The summed E-state index contributed by atoms with van der Waals surface area (Å²) in [6.45, 7) is 0.135. The number of carbonyl (C=O) groups excluding carboxylic acids is 1. The Morgan fingerprint density at radius 1 is 0.900 bits per heavy atom. The van der Waals surface area contributed by atoms with Crippen molar-refractivity contribution in [2.45, 2.75) is 12.8 Å². The highest BCUT2D eigenvalue weighted by Gasteiger charge is 2.18. The van der Waals surface area contributed by atoms with Crippen molar-refractivity contribution in [3.05, 3.63) is 5.56 Å². The molecule has 9 heteroatoms. The molecule has 0 saturated heterocycles. The van der Waals surface area contributed by atoms with E-state index >= 15 is 0 Å². The van der Waals surface area contributed by atoms with Gasteiger partial charge in [0.1, 0.15) is 39.2 Å². The first kappa shape index (κ1) is 16.5. The highest BCUT2D eigenvalue weighted by molar-refractivity contribution is 6.68. The summed E-state index contributed by atoms with van der Waals surface area (Å²) in [5, 5.41) is 8.55. The molecule has 0 atom stereocenters. The fourth-order valence-corrected chi connectivity index (χ4v) is 2.27. The van der Waals surface area contributed by atoms with Crippen LogP contribution in [0.3, 0.4) is 0 Å². The molecule has 4 nitrogen and oxygen atoms in total. The zero-order valence-corrected chi connectivity index (χ0v) is 12.8. The molecule has 0 aliphatic rings. The van der Waals surface area contributed by atoms with Crippen molar-refractivity contribution in [2.24, 2.45) is 0 Å². The second-order valence-electron chi connectivity index (χ2n) is 5.13. The highest BCUT2D eigenvalue weighted by atomic mass is 16.5. The van der Waals surface area contributed by atoms with Crippen molar-refractivity contribution in [1.82, 2.24) is 0 Å². The zero-order valence-electron chi connectivity index (χ0n) is 12.8. The van der Waals surface area contributed by atoms with Crippen LogP contribution in [0.25, 0.3) is 0 Å². The zero-order chi connectivity index (χ0) is 15.4. The van der Waals surface area contributed by atoms with Gasteiger partial charge in [-0.3, -0.25) is 4.79 Å². The summed E-state index contributed by atoms with van der Waals surface area (Å²) in [5.41, 5.74) is 5.89. The molecule has 0 fully saturated rings. The molecule has 1 aromatic rings. The van der Waals surface area contributed by atoms with Gasteiger partial charge in [0.05, 0.1) is 6.61 Å². The van der Waals surface area contributed by atoms with E-state index in [2.05, 4.69) is 0 Å². The molecule has 0 spiro atoms. The Hall–Kier alpha value is -1.52. The average molecular weight is 267 g/mol. The third kappa shape index (κ3) is 3.53. The van der Waals surface area contributed by atoms with Crippen LogP contribution in [0.1, 0.15) is 23.2 Å². The van der Waals surface area contributed by atoms with Crippen LogP contribution in [-0.2, 0) is 9.53 Å². The molecule has 0 saturated carbocycles. The molecule has 100 valence electrons. The minimum Gasteiger partial charge on any atom is -0.481 e. The van der Waals surface area contributed by atoms with Gasteiger partial charge in [-0.05, 0) is 6.42 Å². The lowest BCUT2D eigenvalue weighted by Crippen LogP contribution is -2.57. The van der Waals surface area contributed by atoms with Crippen LogP contribution in [-0.4, -0.2) is 62.9 Å². The number of rotatable bonds is 5. The number of benzene rings is 1. The number of carbonyl (C=O) groups is 2. The Morgan fingerprint density at radius 2 is 1.35 bits per heavy atom. The summed E-state index contributed by atoms with van der Waals surface area (Å²) in [7, 11) is 9.88. The summed E-state index contributed by atoms with van der Waals surface area (Å²) >= 11 is 0. The van der Waals surface area contributed by atoms with Crippen molar-refractivity contribution in [3.8, 4) is 0 Å². The SMILES string of the molecule is Bc1c(B)c(B)c(C(=O)OCCCC(=O)O)c(B)c1B. The Balaban J connectivity index is 2.91. The molecule has 0 amide bonds. The second kappa shape index (κ2) is 6.77. The van der Waals surface area contributed by atoms with Gasteiger partial charge in [-0.2, -0.15) is 0 Å². The van der Waals surface area contributed by atoms with Crippen LogP contribution in [0, 0.1) is 0 Å². The normalized spacial score (nSPS) is 10.2. The van der Waals surface area contributed by atoms with Crippen molar-refractivity contribution in [1.29, 1.82) is 0 Å². The third-order valence-electron chi connectivity index (χ3n) is 3.97. The predicted molar refractivity (Wildman–Crippen MR) is 94.5 cm³/mol. The molecule has 0 heterocycles. The number of carboxylic acid groups (broad SMARTS) is 1. The Labute approximate surface area is 123 Å². The molecule has 1 N–H and O–H groups in total. The van der Waals surface area contributed by atoms with Gasteiger partial charge in [-0.15, -0.1) is 16.4 Å². The molecule has 1 aromatic carbocycles. The lowest BCUT2D eigenvalue weighted by atomic mass is 9.60. The van der Waals surface area contributed by atoms with Crippen molar-refractivity contribution < 1.29 is 19.4 Å². The van der Waals surface area contributed by atoms with Gasteiger partial charge in [0.2, 0.25) is 0 Å². The van der Waals surface area contributed by atoms with Gasteiger partial charge in [0, 0.05) is 12.0 Å². The maximum absolute atomic E-state index is 12.2. The fraction of sp³-hybridized carbons (Fsp3) is 0.273. The molecule has 0 unspecified atom stereocenters. The van der Waals surface area contributed by atoms with Gasteiger partial charge in [-0.1, -0.05) is 10.9 Å². The number of ether oxygens (including phenoxy) is 1. The molecule has 0 bridgehead atoms.